The van der Waals surface area contributed by atoms with Crippen LogP contribution in [0.15, 0.2) is 85.5 Å². The summed E-state index contributed by atoms with van der Waals surface area (Å²) in [6.45, 7) is 0. The van der Waals surface area contributed by atoms with Gasteiger partial charge in [0.2, 0.25) is 0 Å². The van der Waals surface area contributed by atoms with Gasteiger partial charge in [0, 0.05) is 75.4 Å². The van der Waals surface area contributed by atoms with Gasteiger partial charge in [-0.2, -0.15) is 0 Å². The quantitative estimate of drug-likeness (QED) is 0.271. The summed E-state index contributed by atoms with van der Waals surface area (Å²) >= 11 is 0. The molecule has 0 fully saturated rings. The Bertz CT molecular complexity index is 1460. The smallest absolute Gasteiger partial charge is 0.169 e. The fourth-order valence-electron chi connectivity index (χ4n) is 3.83. The van der Waals surface area contributed by atoms with Gasteiger partial charge in [-0.25, -0.2) is 9.13 Å². The fraction of sp³-hybridized carbons (Fsp3) is 0.103. The molecule has 152 valence electrons. The topological polar surface area (TPSA) is 12.7 Å². The first-order valence-corrected chi connectivity index (χ1v) is 10.5. The minimum absolute atomic E-state index is 1.01. The van der Waals surface area contributed by atoms with E-state index in [1.165, 1.54) is 21.8 Å². The van der Waals surface area contributed by atoms with Crippen LogP contribution < -0.4 is 9.13 Å². The van der Waals surface area contributed by atoms with E-state index >= 15 is 0 Å². The van der Waals surface area contributed by atoms with E-state index in [4.69, 9.17) is 0 Å². The van der Waals surface area contributed by atoms with Gasteiger partial charge >= 0.3 is 0 Å². The molecule has 0 atom stereocenters. The van der Waals surface area contributed by atoms with Crippen molar-refractivity contribution >= 4 is 21.8 Å². The molecular formula is C29H23N3+2. The summed E-state index contributed by atoms with van der Waals surface area (Å²) in [5.41, 5.74) is 6.41. The normalized spacial score (nSPS) is 10.5. The number of benzene rings is 2. The van der Waals surface area contributed by atoms with Gasteiger partial charge in [0.05, 0.1) is 0 Å². The number of hydrogen-bond acceptors (Lipinski definition) is 0. The van der Waals surface area contributed by atoms with Crippen LogP contribution in [0, 0.1) is 23.7 Å². The predicted molar refractivity (Wildman–Crippen MR) is 128 cm³/mol. The van der Waals surface area contributed by atoms with Crippen molar-refractivity contribution in [2.24, 2.45) is 21.1 Å². The highest BCUT2D eigenvalue weighted by Crippen LogP contribution is 2.29. The van der Waals surface area contributed by atoms with Crippen molar-refractivity contribution < 1.29 is 9.13 Å². The molecular weight excluding hydrogens is 390 g/mol. The van der Waals surface area contributed by atoms with Gasteiger partial charge in [0.15, 0.2) is 24.8 Å². The summed E-state index contributed by atoms with van der Waals surface area (Å²) in [5, 5.41) is 2.40. The largest absolute Gasteiger partial charge is 0.344 e. The van der Waals surface area contributed by atoms with Crippen LogP contribution in [0.2, 0.25) is 0 Å². The summed E-state index contributed by atoms with van der Waals surface area (Å²) in [5.74, 6) is 13.2. The lowest BCUT2D eigenvalue weighted by molar-refractivity contribution is -0.671. The van der Waals surface area contributed by atoms with Gasteiger partial charge in [0.25, 0.3) is 0 Å². The molecule has 0 radical (unpaired) electrons. The number of hydrogen-bond donors (Lipinski definition) is 0. The maximum absolute atomic E-state index is 3.31. The van der Waals surface area contributed by atoms with Gasteiger partial charge < -0.3 is 4.57 Å². The van der Waals surface area contributed by atoms with E-state index in [9.17, 15) is 0 Å². The molecule has 5 aromatic rings. The highest BCUT2D eigenvalue weighted by Gasteiger charge is 2.09. The van der Waals surface area contributed by atoms with Crippen molar-refractivity contribution in [2.45, 2.75) is 0 Å². The van der Waals surface area contributed by atoms with Crippen molar-refractivity contribution in [3.05, 3.63) is 108 Å². The summed E-state index contributed by atoms with van der Waals surface area (Å²) < 4.78 is 6.24. The molecule has 0 saturated carbocycles. The van der Waals surface area contributed by atoms with Gasteiger partial charge in [-0.15, -0.1) is 0 Å². The first-order valence-electron chi connectivity index (χ1n) is 10.5. The standard InChI is InChI=1S/C29H23N3/c1-30-16-12-22(13-17-30)4-6-24-8-10-28-26(20-24)27-21-25(9-11-29(27)32(28)3)7-5-23-14-18-31(2)19-15-23/h8-21H,1-3H3/q+2. The molecule has 3 heterocycles. The Labute approximate surface area is 188 Å². The lowest BCUT2D eigenvalue weighted by atomic mass is 10.1. The molecule has 0 unspecified atom stereocenters. The zero-order valence-corrected chi connectivity index (χ0v) is 18.4. The Morgan fingerprint density at radius 1 is 0.531 bits per heavy atom. The predicted octanol–water partition coefficient (Wildman–Crippen LogP) is 3.78. The van der Waals surface area contributed by atoms with E-state index in [1.807, 2.05) is 72.3 Å². The molecule has 0 amide bonds. The van der Waals surface area contributed by atoms with Crippen LogP contribution in [0.1, 0.15) is 22.3 Å². The van der Waals surface area contributed by atoms with E-state index < -0.39 is 0 Å². The summed E-state index contributed by atoms with van der Waals surface area (Å²) in [6, 6.07) is 21.0. The van der Waals surface area contributed by atoms with Crippen LogP contribution in [0.5, 0.6) is 0 Å². The molecule has 5 rings (SSSR count). The van der Waals surface area contributed by atoms with E-state index in [0.717, 1.165) is 22.3 Å². The summed E-state index contributed by atoms with van der Waals surface area (Å²) in [7, 11) is 6.11. The minimum Gasteiger partial charge on any atom is -0.344 e. The van der Waals surface area contributed by atoms with Crippen LogP contribution >= 0.6 is 0 Å². The van der Waals surface area contributed by atoms with Crippen molar-refractivity contribution in [1.82, 2.24) is 4.57 Å². The second kappa shape index (κ2) is 8.06. The summed E-state index contributed by atoms with van der Waals surface area (Å²) in [4.78, 5) is 0. The number of rotatable bonds is 0. The molecule has 2 aromatic carbocycles. The highest BCUT2D eigenvalue weighted by atomic mass is 14.9. The Kier molecular flexibility index (Phi) is 4.94. The van der Waals surface area contributed by atoms with Crippen molar-refractivity contribution in [1.29, 1.82) is 0 Å². The maximum atomic E-state index is 3.31. The first-order chi connectivity index (χ1) is 15.6. The van der Waals surface area contributed by atoms with E-state index in [2.05, 4.69) is 71.7 Å². The number of pyridine rings is 2. The zero-order valence-electron chi connectivity index (χ0n) is 18.4. The lowest BCUT2D eigenvalue weighted by Gasteiger charge is -1.97. The molecule has 0 spiro atoms. The molecule has 0 aliphatic rings. The van der Waals surface area contributed by atoms with Crippen LogP contribution in [-0.4, -0.2) is 4.57 Å². The van der Waals surface area contributed by atoms with E-state index in [1.54, 1.807) is 0 Å². The SMILES string of the molecule is Cn1c2ccc(C#Cc3cc[n+](C)cc3)cc2c2cc(C#Cc3cc[n+](C)cc3)ccc21. The third-order valence-electron chi connectivity index (χ3n) is 5.67. The number of aryl methyl sites for hydroxylation is 3. The molecule has 0 saturated heterocycles. The number of fused-ring (bicyclic) bond motifs is 3. The monoisotopic (exact) mass is 413 g/mol. The number of nitrogens with zero attached hydrogens (tertiary/aromatic N) is 3. The average molecular weight is 414 g/mol. The van der Waals surface area contributed by atoms with Crippen LogP contribution in [-0.2, 0) is 21.1 Å². The zero-order chi connectivity index (χ0) is 22.1. The third-order valence-corrected chi connectivity index (χ3v) is 5.67. The first kappa shape index (κ1) is 19.6. The van der Waals surface area contributed by atoms with E-state index in [-0.39, 0.29) is 0 Å². The van der Waals surface area contributed by atoms with Crippen LogP contribution in [0.25, 0.3) is 21.8 Å². The van der Waals surface area contributed by atoms with Crippen molar-refractivity contribution in [2.75, 3.05) is 0 Å². The molecule has 3 heteroatoms. The third kappa shape index (κ3) is 3.85. The van der Waals surface area contributed by atoms with Gasteiger partial charge in [-0.05, 0) is 36.4 Å². The maximum Gasteiger partial charge on any atom is 0.169 e. The molecule has 0 aliphatic carbocycles. The molecule has 0 bridgehead atoms. The second-order valence-corrected chi connectivity index (χ2v) is 8.03. The molecule has 0 N–H and O–H groups in total. The lowest BCUT2D eigenvalue weighted by Crippen LogP contribution is -2.25. The molecule has 3 aromatic heterocycles. The van der Waals surface area contributed by atoms with Gasteiger partial charge in [-0.1, -0.05) is 23.7 Å². The van der Waals surface area contributed by atoms with Crippen molar-refractivity contribution in [3.63, 3.8) is 0 Å². The van der Waals surface area contributed by atoms with Gasteiger partial charge in [-0.3, -0.25) is 0 Å². The Morgan fingerprint density at radius 3 is 1.31 bits per heavy atom. The van der Waals surface area contributed by atoms with Crippen LogP contribution in [0.4, 0.5) is 0 Å². The number of aromatic nitrogens is 3. The molecule has 32 heavy (non-hydrogen) atoms. The molecule has 3 nitrogen and oxygen atoms in total. The summed E-state index contributed by atoms with van der Waals surface area (Å²) in [6.07, 6.45) is 8.04. The fourth-order valence-corrected chi connectivity index (χ4v) is 3.83. The Balaban J connectivity index is 1.56. The highest BCUT2D eigenvalue weighted by molar-refractivity contribution is 6.08. The van der Waals surface area contributed by atoms with Gasteiger partial charge in [0.1, 0.15) is 14.1 Å². The Morgan fingerprint density at radius 2 is 0.906 bits per heavy atom. The van der Waals surface area contributed by atoms with Crippen LogP contribution in [0.3, 0.4) is 0 Å². The Hall–Kier alpha value is -4.34. The van der Waals surface area contributed by atoms with E-state index in [0.29, 0.717) is 0 Å². The van der Waals surface area contributed by atoms with Crippen molar-refractivity contribution in [3.8, 4) is 23.7 Å². The second-order valence-electron chi connectivity index (χ2n) is 8.03. The average Bonchev–Trinajstić information content (AvgIpc) is 3.09. The minimum atomic E-state index is 1.01. The molecule has 0 aliphatic heterocycles.